The number of carbonyl (C=O) groups is 1. The van der Waals surface area contributed by atoms with E-state index in [1.165, 1.54) is 0 Å². The molecule has 1 aromatic rings. The van der Waals surface area contributed by atoms with Gasteiger partial charge in [-0.2, -0.15) is 0 Å². The molecule has 0 aromatic heterocycles. The summed E-state index contributed by atoms with van der Waals surface area (Å²) in [5.41, 5.74) is 0. The fourth-order valence-corrected chi connectivity index (χ4v) is 1.60. The zero-order chi connectivity index (χ0) is 12.8. The molecule has 0 spiro atoms. The van der Waals surface area contributed by atoms with Crippen LogP contribution in [0.1, 0.15) is 27.2 Å². The van der Waals surface area contributed by atoms with E-state index in [0.717, 1.165) is 10.2 Å². The van der Waals surface area contributed by atoms with E-state index in [1.807, 2.05) is 45.0 Å². The van der Waals surface area contributed by atoms with Crippen molar-refractivity contribution in [1.82, 2.24) is 0 Å². The van der Waals surface area contributed by atoms with E-state index in [4.69, 9.17) is 9.47 Å². The molecule has 1 rings (SSSR count). The molecular weight excluding hydrogens is 284 g/mol. The average Bonchev–Trinajstić information content (AvgIpc) is 2.19. The van der Waals surface area contributed by atoms with E-state index >= 15 is 0 Å². The second kappa shape index (κ2) is 6.64. The van der Waals surface area contributed by atoms with Gasteiger partial charge in [-0.25, -0.2) is 0 Å². The van der Waals surface area contributed by atoms with Gasteiger partial charge in [-0.05, 0) is 45.0 Å². The molecule has 0 radical (unpaired) electrons. The van der Waals surface area contributed by atoms with Gasteiger partial charge in [-0.1, -0.05) is 15.9 Å². The minimum absolute atomic E-state index is 0.0811. The van der Waals surface area contributed by atoms with Crippen LogP contribution in [0.5, 0.6) is 5.75 Å². The second-order valence-electron chi connectivity index (χ2n) is 4.13. The van der Waals surface area contributed by atoms with Crippen molar-refractivity contribution in [3.8, 4) is 5.75 Å². The van der Waals surface area contributed by atoms with Crippen LogP contribution >= 0.6 is 15.9 Å². The summed E-state index contributed by atoms with van der Waals surface area (Å²) < 4.78 is 11.6. The minimum Gasteiger partial charge on any atom is -0.490 e. The molecule has 0 fully saturated rings. The van der Waals surface area contributed by atoms with Crippen LogP contribution in [0.25, 0.3) is 0 Å². The smallest absolute Gasteiger partial charge is 0.309 e. The van der Waals surface area contributed by atoms with Gasteiger partial charge in [0.2, 0.25) is 0 Å². The SMILES string of the molecule is CC(C)OC(=O)CC(C)Oc1ccc(Br)cc1. The standard InChI is InChI=1S/C13H17BrO3/c1-9(2)16-13(15)8-10(3)17-12-6-4-11(14)5-7-12/h4-7,9-10H,8H2,1-3H3. The van der Waals surface area contributed by atoms with E-state index in [-0.39, 0.29) is 24.6 Å². The van der Waals surface area contributed by atoms with Crippen molar-refractivity contribution in [2.75, 3.05) is 0 Å². The molecule has 0 amide bonds. The van der Waals surface area contributed by atoms with E-state index < -0.39 is 0 Å². The van der Waals surface area contributed by atoms with Gasteiger partial charge in [-0.15, -0.1) is 0 Å². The van der Waals surface area contributed by atoms with Crippen molar-refractivity contribution in [2.24, 2.45) is 0 Å². The molecule has 0 bridgehead atoms. The number of hydrogen-bond donors (Lipinski definition) is 0. The Kier molecular flexibility index (Phi) is 5.48. The minimum atomic E-state index is -0.232. The molecule has 1 aromatic carbocycles. The number of halogens is 1. The molecule has 0 aliphatic carbocycles. The van der Waals surface area contributed by atoms with Crippen molar-refractivity contribution in [3.05, 3.63) is 28.7 Å². The fourth-order valence-electron chi connectivity index (χ4n) is 1.33. The van der Waals surface area contributed by atoms with Gasteiger partial charge < -0.3 is 9.47 Å². The van der Waals surface area contributed by atoms with Crippen LogP contribution < -0.4 is 4.74 Å². The molecule has 4 heteroatoms. The lowest BCUT2D eigenvalue weighted by Crippen LogP contribution is -2.21. The van der Waals surface area contributed by atoms with Gasteiger partial charge >= 0.3 is 5.97 Å². The van der Waals surface area contributed by atoms with E-state index in [1.54, 1.807) is 0 Å². The first-order valence-corrected chi connectivity index (χ1v) is 6.38. The maximum Gasteiger partial charge on any atom is 0.309 e. The summed E-state index contributed by atoms with van der Waals surface area (Å²) >= 11 is 3.35. The molecule has 1 unspecified atom stereocenters. The molecule has 3 nitrogen and oxygen atoms in total. The Morgan fingerprint density at radius 3 is 2.35 bits per heavy atom. The predicted molar refractivity (Wildman–Crippen MR) is 70.1 cm³/mol. The van der Waals surface area contributed by atoms with Crippen molar-refractivity contribution in [2.45, 2.75) is 39.4 Å². The Bertz CT molecular complexity index is 359. The summed E-state index contributed by atoms with van der Waals surface area (Å²) in [6, 6.07) is 7.51. The molecule has 0 heterocycles. The third-order valence-electron chi connectivity index (χ3n) is 1.97. The van der Waals surface area contributed by atoms with Crippen molar-refractivity contribution >= 4 is 21.9 Å². The third kappa shape index (κ3) is 5.73. The van der Waals surface area contributed by atoms with Crippen LogP contribution in [0.3, 0.4) is 0 Å². The lowest BCUT2D eigenvalue weighted by molar-refractivity contribution is -0.149. The maximum absolute atomic E-state index is 11.4. The predicted octanol–water partition coefficient (Wildman–Crippen LogP) is 3.56. The summed E-state index contributed by atoms with van der Waals surface area (Å²) in [6.45, 7) is 5.51. The highest BCUT2D eigenvalue weighted by molar-refractivity contribution is 9.10. The Morgan fingerprint density at radius 2 is 1.82 bits per heavy atom. The normalized spacial score (nSPS) is 12.3. The van der Waals surface area contributed by atoms with Crippen LogP contribution in [0.4, 0.5) is 0 Å². The van der Waals surface area contributed by atoms with Gasteiger partial charge in [0.1, 0.15) is 11.9 Å². The molecular formula is C13H17BrO3. The van der Waals surface area contributed by atoms with Crippen LogP contribution in [-0.2, 0) is 9.53 Å². The Balaban J connectivity index is 2.41. The summed E-state index contributed by atoms with van der Waals surface area (Å²) in [5, 5.41) is 0. The average molecular weight is 301 g/mol. The first-order valence-electron chi connectivity index (χ1n) is 5.59. The first-order chi connectivity index (χ1) is 7.97. The topological polar surface area (TPSA) is 35.5 Å². The number of ether oxygens (including phenoxy) is 2. The van der Waals surface area contributed by atoms with Crippen molar-refractivity contribution in [1.29, 1.82) is 0 Å². The van der Waals surface area contributed by atoms with Crippen LogP contribution in [-0.4, -0.2) is 18.2 Å². The van der Waals surface area contributed by atoms with Gasteiger partial charge in [0.25, 0.3) is 0 Å². The van der Waals surface area contributed by atoms with E-state index in [0.29, 0.717) is 0 Å². The number of rotatable bonds is 5. The highest BCUT2D eigenvalue weighted by Gasteiger charge is 2.12. The number of carbonyl (C=O) groups excluding carboxylic acids is 1. The van der Waals surface area contributed by atoms with Crippen LogP contribution in [0.2, 0.25) is 0 Å². The monoisotopic (exact) mass is 300 g/mol. The summed E-state index contributed by atoms with van der Waals surface area (Å²) in [4.78, 5) is 11.4. The lowest BCUT2D eigenvalue weighted by atomic mass is 10.2. The Hall–Kier alpha value is -1.03. The molecule has 0 aliphatic heterocycles. The molecule has 0 aliphatic rings. The highest BCUT2D eigenvalue weighted by atomic mass is 79.9. The zero-order valence-electron chi connectivity index (χ0n) is 10.3. The largest absolute Gasteiger partial charge is 0.490 e. The lowest BCUT2D eigenvalue weighted by Gasteiger charge is -2.15. The Morgan fingerprint density at radius 1 is 1.24 bits per heavy atom. The second-order valence-corrected chi connectivity index (χ2v) is 5.04. The van der Waals surface area contributed by atoms with Crippen molar-refractivity contribution < 1.29 is 14.3 Å². The van der Waals surface area contributed by atoms with Gasteiger partial charge in [0.15, 0.2) is 0 Å². The molecule has 0 N–H and O–H groups in total. The number of hydrogen-bond acceptors (Lipinski definition) is 3. The summed E-state index contributed by atoms with van der Waals surface area (Å²) in [6.07, 6.45) is -0.0151. The zero-order valence-corrected chi connectivity index (χ0v) is 11.9. The van der Waals surface area contributed by atoms with Gasteiger partial charge in [-0.3, -0.25) is 4.79 Å². The molecule has 0 saturated heterocycles. The Labute approximate surface area is 110 Å². The summed E-state index contributed by atoms with van der Waals surface area (Å²) in [5.74, 6) is 0.516. The van der Waals surface area contributed by atoms with Crippen LogP contribution in [0, 0.1) is 0 Å². The first kappa shape index (κ1) is 14.0. The number of esters is 1. The molecule has 1 atom stereocenters. The third-order valence-corrected chi connectivity index (χ3v) is 2.50. The summed E-state index contributed by atoms with van der Waals surface area (Å²) in [7, 11) is 0. The van der Waals surface area contributed by atoms with E-state index in [2.05, 4.69) is 15.9 Å². The molecule has 0 saturated carbocycles. The van der Waals surface area contributed by atoms with E-state index in [9.17, 15) is 4.79 Å². The van der Waals surface area contributed by atoms with Crippen molar-refractivity contribution in [3.63, 3.8) is 0 Å². The highest BCUT2D eigenvalue weighted by Crippen LogP contribution is 2.18. The quantitative estimate of drug-likeness (QED) is 0.780. The molecule has 17 heavy (non-hydrogen) atoms. The maximum atomic E-state index is 11.4. The molecule has 94 valence electrons. The fraction of sp³-hybridized carbons (Fsp3) is 0.462. The van der Waals surface area contributed by atoms with Crippen LogP contribution in [0.15, 0.2) is 28.7 Å². The van der Waals surface area contributed by atoms with Gasteiger partial charge in [0, 0.05) is 4.47 Å². The van der Waals surface area contributed by atoms with Gasteiger partial charge in [0.05, 0.1) is 12.5 Å². The number of benzene rings is 1.